The molecule has 0 saturated carbocycles. The Morgan fingerprint density at radius 2 is 2.42 bits per heavy atom. The lowest BCUT2D eigenvalue weighted by Gasteiger charge is -2.01. The fourth-order valence-electron chi connectivity index (χ4n) is 1.15. The molecule has 0 saturated heterocycles. The van der Waals surface area contributed by atoms with E-state index in [9.17, 15) is 4.79 Å². The van der Waals surface area contributed by atoms with E-state index in [4.69, 9.17) is 5.21 Å². The van der Waals surface area contributed by atoms with Crippen molar-refractivity contribution in [1.82, 2.24) is 10.0 Å². The van der Waals surface area contributed by atoms with E-state index in [1.54, 1.807) is 6.07 Å². The standard InChI is InChI=1S/C7H5BrN2O2/c8-5-1-4-3-10(12)7(11)6(4)9-2-5/h1-2,12H,3H2. The molecular formula is C7H5BrN2O2. The molecule has 0 bridgehead atoms. The van der Waals surface area contributed by atoms with Crippen LogP contribution in [0.5, 0.6) is 0 Å². The summed E-state index contributed by atoms with van der Waals surface area (Å²) in [5.74, 6) is -0.433. The van der Waals surface area contributed by atoms with Crippen LogP contribution in [0.4, 0.5) is 0 Å². The number of nitrogens with zero attached hydrogens (tertiary/aromatic N) is 2. The van der Waals surface area contributed by atoms with Gasteiger partial charge in [0.2, 0.25) is 0 Å². The molecule has 4 nitrogen and oxygen atoms in total. The van der Waals surface area contributed by atoms with E-state index < -0.39 is 5.91 Å². The molecule has 12 heavy (non-hydrogen) atoms. The number of hydrogen-bond donors (Lipinski definition) is 1. The maximum Gasteiger partial charge on any atom is 0.296 e. The van der Waals surface area contributed by atoms with Crippen molar-refractivity contribution in [2.45, 2.75) is 6.54 Å². The van der Waals surface area contributed by atoms with Crippen molar-refractivity contribution in [3.8, 4) is 0 Å². The van der Waals surface area contributed by atoms with Gasteiger partial charge in [0.05, 0.1) is 6.54 Å². The van der Waals surface area contributed by atoms with Gasteiger partial charge in [0.1, 0.15) is 5.69 Å². The van der Waals surface area contributed by atoms with E-state index in [1.807, 2.05) is 0 Å². The van der Waals surface area contributed by atoms with Crippen LogP contribution in [0, 0.1) is 0 Å². The smallest absolute Gasteiger partial charge is 0.285 e. The number of fused-ring (bicyclic) bond motifs is 1. The topological polar surface area (TPSA) is 53.4 Å². The van der Waals surface area contributed by atoms with Gasteiger partial charge in [0.15, 0.2) is 0 Å². The molecule has 1 aromatic heterocycles. The second kappa shape index (κ2) is 2.53. The molecule has 1 aliphatic rings. The molecule has 1 amide bonds. The van der Waals surface area contributed by atoms with E-state index in [0.717, 1.165) is 10.0 Å². The van der Waals surface area contributed by atoms with Crippen molar-refractivity contribution in [1.29, 1.82) is 0 Å². The number of aromatic nitrogens is 1. The summed E-state index contributed by atoms with van der Waals surface area (Å²) in [7, 11) is 0. The summed E-state index contributed by atoms with van der Waals surface area (Å²) in [5, 5.41) is 9.70. The summed E-state index contributed by atoms with van der Waals surface area (Å²) in [5.41, 5.74) is 1.08. The van der Waals surface area contributed by atoms with Gasteiger partial charge in [-0.05, 0) is 22.0 Å². The van der Waals surface area contributed by atoms with Crippen molar-refractivity contribution in [3.63, 3.8) is 0 Å². The first-order valence-corrected chi connectivity index (χ1v) is 4.13. The highest BCUT2D eigenvalue weighted by Crippen LogP contribution is 2.21. The number of hydrogen-bond acceptors (Lipinski definition) is 3. The van der Waals surface area contributed by atoms with E-state index in [2.05, 4.69) is 20.9 Å². The Labute approximate surface area is 76.9 Å². The molecule has 62 valence electrons. The van der Waals surface area contributed by atoms with Crippen LogP contribution in [-0.2, 0) is 6.54 Å². The second-order valence-corrected chi connectivity index (χ2v) is 3.44. The van der Waals surface area contributed by atoms with Crippen molar-refractivity contribution in [2.75, 3.05) is 0 Å². The highest BCUT2D eigenvalue weighted by Gasteiger charge is 2.27. The quantitative estimate of drug-likeness (QED) is 0.679. The molecule has 0 atom stereocenters. The Balaban J connectivity index is 2.54. The predicted octanol–water partition coefficient (Wildman–Crippen LogP) is 1.19. The fourth-order valence-corrected chi connectivity index (χ4v) is 1.53. The SMILES string of the molecule is O=C1c2ncc(Br)cc2CN1O. The molecule has 0 unspecified atom stereocenters. The number of carbonyl (C=O) groups excluding carboxylic acids is 1. The first-order chi connectivity index (χ1) is 5.68. The zero-order valence-corrected chi connectivity index (χ0v) is 7.58. The maximum atomic E-state index is 11.1. The van der Waals surface area contributed by atoms with Gasteiger partial charge in [-0.25, -0.2) is 10.0 Å². The Hall–Kier alpha value is -0.940. The van der Waals surface area contributed by atoms with Gasteiger partial charge in [0.25, 0.3) is 5.91 Å². The van der Waals surface area contributed by atoms with Crippen LogP contribution in [-0.4, -0.2) is 21.2 Å². The normalized spacial score (nSPS) is 15.2. The lowest BCUT2D eigenvalue weighted by molar-refractivity contribution is -0.0580. The predicted molar refractivity (Wildman–Crippen MR) is 43.6 cm³/mol. The monoisotopic (exact) mass is 228 g/mol. The molecule has 0 radical (unpaired) electrons. The lowest BCUT2D eigenvalue weighted by atomic mass is 10.2. The molecule has 0 spiro atoms. The highest BCUT2D eigenvalue weighted by atomic mass is 79.9. The number of amides is 1. The Morgan fingerprint density at radius 3 is 3.17 bits per heavy atom. The van der Waals surface area contributed by atoms with Gasteiger partial charge in [0, 0.05) is 16.2 Å². The molecule has 0 aromatic carbocycles. The average molecular weight is 229 g/mol. The minimum Gasteiger partial charge on any atom is -0.285 e. The molecule has 1 N–H and O–H groups in total. The number of pyridine rings is 1. The van der Waals surface area contributed by atoms with Crippen molar-refractivity contribution in [3.05, 3.63) is 28.0 Å². The van der Waals surface area contributed by atoms with Crippen LogP contribution in [0.25, 0.3) is 0 Å². The maximum absolute atomic E-state index is 11.1. The van der Waals surface area contributed by atoms with Gasteiger partial charge in [-0.2, -0.15) is 0 Å². The van der Waals surface area contributed by atoms with Gasteiger partial charge in [-0.3, -0.25) is 10.0 Å². The summed E-state index contributed by atoms with van der Waals surface area (Å²) < 4.78 is 0.810. The van der Waals surface area contributed by atoms with Crippen LogP contribution >= 0.6 is 15.9 Å². The minimum absolute atomic E-state index is 0.223. The molecule has 2 rings (SSSR count). The molecule has 0 fully saturated rings. The van der Waals surface area contributed by atoms with Gasteiger partial charge in [-0.15, -0.1) is 0 Å². The Bertz CT molecular complexity index is 353. The zero-order valence-electron chi connectivity index (χ0n) is 5.99. The van der Waals surface area contributed by atoms with Crippen molar-refractivity contribution in [2.24, 2.45) is 0 Å². The Morgan fingerprint density at radius 1 is 1.67 bits per heavy atom. The van der Waals surface area contributed by atoms with E-state index in [1.165, 1.54) is 6.20 Å². The van der Waals surface area contributed by atoms with Crippen LogP contribution < -0.4 is 0 Å². The molecule has 2 heterocycles. The average Bonchev–Trinajstić information content (AvgIpc) is 2.28. The summed E-state index contributed by atoms with van der Waals surface area (Å²) in [4.78, 5) is 15.0. The van der Waals surface area contributed by atoms with Crippen LogP contribution in [0.3, 0.4) is 0 Å². The van der Waals surface area contributed by atoms with E-state index in [-0.39, 0.29) is 6.54 Å². The molecule has 1 aromatic rings. The first-order valence-electron chi connectivity index (χ1n) is 3.33. The van der Waals surface area contributed by atoms with Crippen LogP contribution in [0.2, 0.25) is 0 Å². The Kier molecular flexibility index (Phi) is 1.62. The van der Waals surface area contributed by atoms with Crippen LogP contribution in [0.1, 0.15) is 16.1 Å². The minimum atomic E-state index is -0.433. The van der Waals surface area contributed by atoms with E-state index in [0.29, 0.717) is 10.8 Å². The number of carbonyl (C=O) groups is 1. The van der Waals surface area contributed by atoms with Gasteiger partial charge >= 0.3 is 0 Å². The van der Waals surface area contributed by atoms with Gasteiger partial charge in [-0.1, -0.05) is 0 Å². The van der Waals surface area contributed by atoms with Crippen LogP contribution in [0.15, 0.2) is 16.7 Å². The van der Waals surface area contributed by atoms with Gasteiger partial charge < -0.3 is 0 Å². The third-order valence-corrected chi connectivity index (χ3v) is 2.12. The lowest BCUT2D eigenvalue weighted by Crippen LogP contribution is -2.18. The van der Waals surface area contributed by atoms with Crippen molar-refractivity contribution < 1.29 is 10.0 Å². The third kappa shape index (κ3) is 1.02. The third-order valence-electron chi connectivity index (χ3n) is 1.69. The van der Waals surface area contributed by atoms with E-state index >= 15 is 0 Å². The molecule has 5 heteroatoms. The number of halogens is 1. The zero-order chi connectivity index (χ0) is 8.72. The molecule has 0 aliphatic carbocycles. The summed E-state index contributed by atoms with van der Waals surface area (Å²) >= 11 is 3.23. The van der Waals surface area contributed by atoms with Crippen molar-refractivity contribution >= 4 is 21.8 Å². The second-order valence-electron chi connectivity index (χ2n) is 2.52. The fraction of sp³-hybridized carbons (Fsp3) is 0.143. The number of hydroxylamine groups is 2. The number of rotatable bonds is 0. The molecule has 1 aliphatic heterocycles. The summed E-state index contributed by atoms with van der Waals surface area (Å²) in [6.07, 6.45) is 1.54. The summed E-state index contributed by atoms with van der Waals surface area (Å²) in [6.45, 7) is 0.223. The highest BCUT2D eigenvalue weighted by molar-refractivity contribution is 9.10. The first kappa shape index (κ1) is 7.70. The molecular weight excluding hydrogens is 224 g/mol. The summed E-state index contributed by atoms with van der Waals surface area (Å²) in [6, 6.07) is 1.77. The largest absolute Gasteiger partial charge is 0.296 e.